The third-order valence-corrected chi connectivity index (χ3v) is 4.39. The predicted molar refractivity (Wildman–Crippen MR) is 86.7 cm³/mol. The standard InChI is InChI=1S/C18H22FN3O/c1-11(2)8-15-10-17(21-20-15)18(23)22-7-6-13-4-5-14(19)9-16(13)12(22)3/h4-5,9-12H,6-8H2,1-3H3,(H,20,21). The lowest BCUT2D eigenvalue weighted by molar-refractivity contribution is 0.0671. The summed E-state index contributed by atoms with van der Waals surface area (Å²) in [5.41, 5.74) is 3.42. The summed E-state index contributed by atoms with van der Waals surface area (Å²) in [7, 11) is 0. The lowest BCUT2D eigenvalue weighted by atomic mass is 9.93. The lowest BCUT2D eigenvalue weighted by Crippen LogP contribution is -2.39. The van der Waals surface area contributed by atoms with Crippen LogP contribution in [0.5, 0.6) is 0 Å². The van der Waals surface area contributed by atoms with E-state index in [1.54, 1.807) is 4.90 Å². The second kappa shape index (κ2) is 6.14. The molecule has 1 aliphatic heterocycles. The van der Waals surface area contributed by atoms with Gasteiger partial charge in [0.15, 0.2) is 0 Å². The number of carbonyl (C=O) groups is 1. The normalized spacial score (nSPS) is 17.4. The van der Waals surface area contributed by atoms with Crippen molar-refractivity contribution in [1.82, 2.24) is 15.1 Å². The quantitative estimate of drug-likeness (QED) is 0.942. The average molecular weight is 315 g/mol. The number of amides is 1. The van der Waals surface area contributed by atoms with Gasteiger partial charge in [0.25, 0.3) is 5.91 Å². The number of hydrogen-bond donors (Lipinski definition) is 1. The zero-order valence-corrected chi connectivity index (χ0v) is 13.8. The van der Waals surface area contributed by atoms with E-state index in [9.17, 15) is 9.18 Å². The monoisotopic (exact) mass is 315 g/mol. The summed E-state index contributed by atoms with van der Waals surface area (Å²) in [5.74, 6) is 0.143. The van der Waals surface area contributed by atoms with Crippen molar-refractivity contribution in [2.24, 2.45) is 5.92 Å². The maximum Gasteiger partial charge on any atom is 0.274 e. The van der Waals surface area contributed by atoms with Crippen molar-refractivity contribution >= 4 is 5.91 Å². The third kappa shape index (κ3) is 3.14. The number of aromatic amines is 1. The van der Waals surface area contributed by atoms with Gasteiger partial charge in [-0.05, 0) is 55.0 Å². The fraction of sp³-hybridized carbons (Fsp3) is 0.444. The molecule has 3 rings (SSSR count). The van der Waals surface area contributed by atoms with Gasteiger partial charge in [-0.15, -0.1) is 0 Å². The van der Waals surface area contributed by atoms with Crippen molar-refractivity contribution < 1.29 is 9.18 Å². The van der Waals surface area contributed by atoms with Crippen LogP contribution in [0.15, 0.2) is 24.3 Å². The van der Waals surface area contributed by atoms with Gasteiger partial charge in [-0.2, -0.15) is 5.10 Å². The van der Waals surface area contributed by atoms with Crippen LogP contribution >= 0.6 is 0 Å². The Morgan fingerprint density at radius 2 is 2.22 bits per heavy atom. The first-order chi connectivity index (χ1) is 11.0. The highest BCUT2D eigenvalue weighted by Gasteiger charge is 2.29. The highest BCUT2D eigenvalue weighted by Crippen LogP contribution is 2.31. The fourth-order valence-electron chi connectivity index (χ4n) is 3.22. The molecule has 1 aromatic heterocycles. The lowest BCUT2D eigenvalue weighted by Gasteiger charge is -2.34. The van der Waals surface area contributed by atoms with E-state index in [-0.39, 0.29) is 17.8 Å². The molecule has 2 aromatic rings. The molecule has 0 fully saturated rings. The molecular weight excluding hydrogens is 293 g/mol. The maximum absolute atomic E-state index is 13.5. The summed E-state index contributed by atoms with van der Waals surface area (Å²) >= 11 is 0. The van der Waals surface area contributed by atoms with Crippen molar-refractivity contribution in [3.05, 3.63) is 52.6 Å². The Labute approximate surface area is 135 Å². The summed E-state index contributed by atoms with van der Waals surface area (Å²) in [5, 5.41) is 7.10. The maximum atomic E-state index is 13.5. The molecule has 0 bridgehead atoms. The Morgan fingerprint density at radius 3 is 2.96 bits per heavy atom. The van der Waals surface area contributed by atoms with E-state index in [0.717, 1.165) is 29.7 Å². The van der Waals surface area contributed by atoms with Crippen LogP contribution in [-0.4, -0.2) is 27.5 Å². The van der Waals surface area contributed by atoms with Crippen molar-refractivity contribution in [2.75, 3.05) is 6.54 Å². The van der Waals surface area contributed by atoms with E-state index in [4.69, 9.17) is 0 Å². The molecule has 0 aliphatic carbocycles. The first-order valence-electron chi connectivity index (χ1n) is 8.09. The molecule has 0 saturated carbocycles. The van der Waals surface area contributed by atoms with E-state index >= 15 is 0 Å². The van der Waals surface area contributed by atoms with E-state index in [1.165, 1.54) is 12.1 Å². The van der Waals surface area contributed by atoms with Crippen LogP contribution in [0.25, 0.3) is 0 Å². The topological polar surface area (TPSA) is 49.0 Å². The minimum Gasteiger partial charge on any atom is -0.330 e. The van der Waals surface area contributed by atoms with Gasteiger partial charge in [0.05, 0.1) is 6.04 Å². The molecule has 0 saturated heterocycles. The minimum atomic E-state index is -0.260. The van der Waals surface area contributed by atoms with Crippen LogP contribution in [0.3, 0.4) is 0 Å². The molecular formula is C18H22FN3O. The van der Waals surface area contributed by atoms with E-state index in [0.29, 0.717) is 18.2 Å². The van der Waals surface area contributed by atoms with Crippen LogP contribution < -0.4 is 0 Å². The summed E-state index contributed by atoms with van der Waals surface area (Å²) < 4.78 is 13.5. The summed E-state index contributed by atoms with van der Waals surface area (Å²) in [6.07, 6.45) is 1.61. The summed E-state index contributed by atoms with van der Waals surface area (Å²) in [4.78, 5) is 14.5. The smallest absolute Gasteiger partial charge is 0.274 e. The van der Waals surface area contributed by atoms with Gasteiger partial charge in [-0.1, -0.05) is 19.9 Å². The van der Waals surface area contributed by atoms with Crippen molar-refractivity contribution in [3.8, 4) is 0 Å². The molecule has 2 heterocycles. The Balaban J connectivity index is 1.82. The van der Waals surface area contributed by atoms with Gasteiger partial charge in [0.2, 0.25) is 0 Å². The molecule has 1 unspecified atom stereocenters. The molecule has 1 amide bonds. The fourth-order valence-corrected chi connectivity index (χ4v) is 3.22. The first-order valence-corrected chi connectivity index (χ1v) is 8.09. The molecule has 4 nitrogen and oxygen atoms in total. The number of nitrogens with one attached hydrogen (secondary N) is 1. The SMILES string of the molecule is CC(C)Cc1cc(C(=O)N2CCc3ccc(F)cc3C2C)n[nH]1. The molecule has 1 aliphatic rings. The summed E-state index contributed by atoms with van der Waals surface area (Å²) in [6, 6.07) is 6.52. The Hall–Kier alpha value is -2.17. The van der Waals surface area contributed by atoms with Crippen LogP contribution in [0.1, 0.15) is 54.1 Å². The second-order valence-corrected chi connectivity index (χ2v) is 6.64. The van der Waals surface area contributed by atoms with Gasteiger partial charge in [0.1, 0.15) is 11.5 Å². The van der Waals surface area contributed by atoms with Crippen LogP contribution in [0.2, 0.25) is 0 Å². The molecule has 23 heavy (non-hydrogen) atoms. The number of carbonyl (C=O) groups excluding carboxylic acids is 1. The minimum absolute atomic E-state index is 0.0985. The van der Waals surface area contributed by atoms with E-state index in [2.05, 4.69) is 24.0 Å². The predicted octanol–water partition coefficient (Wildman–Crippen LogP) is 3.51. The third-order valence-electron chi connectivity index (χ3n) is 4.39. The van der Waals surface area contributed by atoms with Crippen LogP contribution in [0.4, 0.5) is 4.39 Å². The average Bonchev–Trinajstić information content (AvgIpc) is 2.95. The number of rotatable bonds is 3. The number of hydrogen-bond acceptors (Lipinski definition) is 2. The van der Waals surface area contributed by atoms with Gasteiger partial charge in [-0.25, -0.2) is 4.39 Å². The molecule has 0 spiro atoms. The zero-order valence-electron chi connectivity index (χ0n) is 13.8. The number of halogens is 1. The Morgan fingerprint density at radius 1 is 1.43 bits per heavy atom. The van der Waals surface area contributed by atoms with Crippen molar-refractivity contribution in [1.29, 1.82) is 0 Å². The Bertz CT molecular complexity index is 723. The largest absolute Gasteiger partial charge is 0.330 e. The highest BCUT2D eigenvalue weighted by molar-refractivity contribution is 5.92. The molecule has 122 valence electrons. The van der Waals surface area contributed by atoms with Crippen LogP contribution in [-0.2, 0) is 12.8 Å². The van der Waals surface area contributed by atoms with Crippen molar-refractivity contribution in [2.45, 2.75) is 39.7 Å². The number of nitrogens with zero attached hydrogens (tertiary/aromatic N) is 2. The number of fused-ring (bicyclic) bond motifs is 1. The van der Waals surface area contributed by atoms with Crippen molar-refractivity contribution in [3.63, 3.8) is 0 Å². The number of H-pyrrole nitrogens is 1. The van der Waals surface area contributed by atoms with E-state index in [1.807, 2.05) is 19.1 Å². The molecule has 0 radical (unpaired) electrons. The molecule has 1 aromatic carbocycles. The van der Waals surface area contributed by atoms with Gasteiger partial charge in [0, 0.05) is 12.2 Å². The zero-order chi connectivity index (χ0) is 16.6. The number of benzene rings is 1. The molecule has 5 heteroatoms. The van der Waals surface area contributed by atoms with Gasteiger partial charge >= 0.3 is 0 Å². The molecule has 1 N–H and O–H groups in total. The first kappa shape index (κ1) is 15.7. The Kier molecular flexibility index (Phi) is 4.20. The number of aromatic nitrogens is 2. The molecule has 1 atom stereocenters. The van der Waals surface area contributed by atoms with E-state index < -0.39 is 0 Å². The summed E-state index contributed by atoms with van der Waals surface area (Å²) in [6.45, 7) is 6.82. The van der Waals surface area contributed by atoms with Crippen LogP contribution in [0, 0.1) is 11.7 Å². The van der Waals surface area contributed by atoms with Gasteiger partial charge in [-0.3, -0.25) is 9.89 Å². The second-order valence-electron chi connectivity index (χ2n) is 6.64. The highest BCUT2D eigenvalue weighted by atomic mass is 19.1. The van der Waals surface area contributed by atoms with Gasteiger partial charge < -0.3 is 4.90 Å².